The predicted octanol–water partition coefficient (Wildman–Crippen LogP) is 5.77. The van der Waals surface area contributed by atoms with Crippen LogP contribution in [0, 0.1) is 13.8 Å². The van der Waals surface area contributed by atoms with Gasteiger partial charge in [0.25, 0.3) is 0 Å². The molecule has 0 saturated carbocycles. The maximum atomic E-state index is 13.0. The highest BCUT2D eigenvalue weighted by Gasteiger charge is 2.37. The third-order valence-electron chi connectivity index (χ3n) is 10.2. The van der Waals surface area contributed by atoms with Crippen molar-refractivity contribution in [1.29, 1.82) is 0 Å². The predicted molar refractivity (Wildman–Crippen MR) is 192 cm³/mol. The van der Waals surface area contributed by atoms with E-state index >= 15 is 0 Å². The van der Waals surface area contributed by atoms with E-state index in [1.165, 1.54) is 40.0 Å². The lowest BCUT2D eigenvalue weighted by molar-refractivity contribution is -0.126. The van der Waals surface area contributed by atoms with Crippen LogP contribution in [0.3, 0.4) is 0 Å². The van der Waals surface area contributed by atoms with Gasteiger partial charge in [0.1, 0.15) is 10.6 Å². The summed E-state index contributed by atoms with van der Waals surface area (Å²) < 4.78 is 67.8. The minimum Gasteiger partial charge on any atom is -0.368 e. The summed E-state index contributed by atoms with van der Waals surface area (Å²) in [4.78, 5) is 14.0. The number of anilines is 2. The molecule has 3 atom stereocenters. The number of rotatable bonds is 9. The summed E-state index contributed by atoms with van der Waals surface area (Å²) in [5.41, 5.74) is 10.9. The number of piperidine rings is 1. The fraction of sp³-hybridized carbons (Fsp3) is 0.588. The highest BCUT2D eigenvalue weighted by atomic mass is 32.2. The Morgan fingerprint density at radius 2 is 1.73 bits per heavy atom. The van der Waals surface area contributed by atoms with Gasteiger partial charge in [0.05, 0.1) is 18.1 Å². The number of benzene rings is 1. The average molecular weight is 721 g/mol. The van der Waals surface area contributed by atoms with Gasteiger partial charge in [-0.25, -0.2) is 13.4 Å². The van der Waals surface area contributed by atoms with Gasteiger partial charge in [0.15, 0.2) is 0 Å². The zero-order valence-corrected chi connectivity index (χ0v) is 30.6. The number of aryl methyl sites for hydroxylation is 2. The lowest BCUT2D eigenvalue weighted by atomic mass is 10.0. The molecule has 0 bridgehead atoms. The minimum atomic E-state index is -4.29. The average Bonchev–Trinajstić information content (AvgIpc) is 3.53. The number of nitrogens with one attached hydrogen (secondary N) is 1. The van der Waals surface area contributed by atoms with Crippen LogP contribution in [0.25, 0.3) is 21.1 Å². The zero-order valence-electron chi connectivity index (χ0n) is 29.0. The molecule has 5 heterocycles. The Balaban J connectivity index is 1.09. The van der Waals surface area contributed by atoms with Gasteiger partial charge in [-0.3, -0.25) is 9.80 Å². The van der Waals surface area contributed by atoms with E-state index in [1.54, 1.807) is 4.31 Å². The quantitative estimate of drug-likeness (QED) is 0.224. The first-order chi connectivity index (χ1) is 23.0. The fourth-order valence-corrected chi connectivity index (χ4v) is 10.4. The summed E-state index contributed by atoms with van der Waals surface area (Å²) in [7, 11) is -3.25. The van der Waals surface area contributed by atoms with Crippen molar-refractivity contribution < 1.29 is 21.6 Å². The van der Waals surface area contributed by atoms with Crippen molar-refractivity contribution in [2.75, 3.05) is 43.5 Å². The number of sulfonamides is 1. The summed E-state index contributed by atoms with van der Waals surface area (Å²) in [6, 6.07) is 8.51. The van der Waals surface area contributed by atoms with Crippen molar-refractivity contribution in [2.24, 2.45) is 0 Å². The van der Waals surface area contributed by atoms with Gasteiger partial charge in [-0.2, -0.15) is 22.5 Å². The second kappa shape index (κ2) is 13.6. The number of piperazine rings is 1. The molecule has 15 heteroatoms. The van der Waals surface area contributed by atoms with Crippen LogP contribution < -0.4 is 11.1 Å². The van der Waals surface area contributed by atoms with Gasteiger partial charge in [-0.05, 0) is 76.8 Å². The number of likely N-dealkylation sites (tertiary alicyclic amines) is 1. The van der Waals surface area contributed by atoms with Gasteiger partial charge in [0, 0.05) is 84.9 Å². The van der Waals surface area contributed by atoms with Crippen molar-refractivity contribution in [3.8, 4) is 0 Å². The molecule has 2 fully saturated rings. The Morgan fingerprint density at radius 3 is 2.37 bits per heavy atom. The normalized spacial score (nSPS) is 21.6. The summed E-state index contributed by atoms with van der Waals surface area (Å²) in [6.45, 7) is 15.4. The van der Waals surface area contributed by atoms with Crippen molar-refractivity contribution in [1.82, 2.24) is 28.6 Å². The third-order valence-corrected chi connectivity index (χ3v) is 12.7. The first-order valence-electron chi connectivity index (χ1n) is 16.9. The summed E-state index contributed by atoms with van der Waals surface area (Å²) >= 11 is 1.01. The first-order valence-corrected chi connectivity index (χ1v) is 19.6. The summed E-state index contributed by atoms with van der Waals surface area (Å²) in [6.07, 6.45) is -2.24. The number of fused-ring (bicyclic) bond motifs is 2. The highest BCUT2D eigenvalue weighted by molar-refractivity contribution is 7.88. The van der Waals surface area contributed by atoms with E-state index in [0.717, 1.165) is 50.4 Å². The molecule has 0 aliphatic carbocycles. The molecule has 4 aromatic rings. The standard InChI is InChI=1S/C34H47F3N8O2S2/c1-20-13-28-24(5)25(7-8-30(28)44(20)18-21(2)43-16-22(3)45(23(4)17-43)49(6,46)47)19-42-11-9-26(10-12-42)39-31-29-14-27(15-34(35,36)37)48-32(29)41-33(38)40-31/h7-8,13-14,21-23,26H,9-12,15-19H2,1-6H3,(H3,38,39,40,41)/t21-,22-,23-/m1/s1. The van der Waals surface area contributed by atoms with E-state index in [4.69, 9.17) is 5.73 Å². The van der Waals surface area contributed by atoms with Crippen molar-refractivity contribution >= 4 is 54.2 Å². The number of nitrogens with zero attached hydrogens (tertiary/aromatic N) is 6. The molecule has 2 aliphatic heterocycles. The largest absolute Gasteiger partial charge is 0.393 e. The van der Waals surface area contributed by atoms with Crippen molar-refractivity contribution in [2.45, 2.75) is 97.3 Å². The molecule has 2 aliphatic rings. The molecule has 268 valence electrons. The number of aromatic nitrogens is 3. The maximum absolute atomic E-state index is 13.0. The Labute approximate surface area is 290 Å². The number of nitrogen functional groups attached to an aromatic ring is 1. The second-order valence-corrected chi connectivity index (χ2v) is 17.1. The van der Waals surface area contributed by atoms with Gasteiger partial charge < -0.3 is 15.6 Å². The molecule has 0 spiro atoms. The van der Waals surface area contributed by atoms with E-state index in [-0.39, 0.29) is 35.0 Å². The maximum Gasteiger partial charge on any atom is 0.393 e. The molecule has 0 amide bonds. The van der Waals surface area contributed by atoms with Crippen LogP contribution >= 0.6 is 11.3 Å². The molecule has 10 nitrogen and oxygen atoms in total. The van der Waals surface area contributed by atoms with Crippen LogP contribution in [0.2, 0.25) is 0 Å². The lowest BCUT2D eigenvalue weighted by Crippen LogP contribution is -2.60. The zero-order chi connectivity index (χ0) is 35.4. The van der Waals surface area contributed by atoms with E-state index in [1.807, 2.05) is 13.8 Å². The second-order valence-electron chi connectivity index (χ2n) is 14.1. The molecule has 0 radical (unpaired) electrons. The number of nitrogens with two attached hydrogens (primary N) is 1. The topological polar surface area (TPSA) is 113 Å². The highest BCUT2D eigenvalue weighted by Crippen LogP contribution is 2.35. The molecule has 0 unspecified atom stereocenters. The first kappa shape index (κ1) is 35.8. The SMILES string of the molecule is Cc1c(CN2CCC(Nc3nc(N)nc4sc(CC(F)(F)F)cc34)CC2)ccc2c1cc(C)n2C[C@@H](C)N1C[C@@H](C)N(S(C)(=O)=O)[C@H](C)C1. The monoisotopic (exact) mass is 720 g/mol. The van der Waals surface area contributed by atoms with Crippen LogP contribution in [0.1, 0.15) is 55.3 Å². The number of hydrogen-bond acceptors (Lipinski definition) is 9. The van der Waals surface area contributed by atoms with E-state index in [9.17, 15) is 21.6 Å². The number of alkyl halides is 3. The Morgan fingerprint density at radius 1 is 1.06 bits per heavy atom. The van der Waals surface area contributed by atoms with E-state index in [2.05, 4.69) is 68.6 Å². The van der Waals surface area contributed by atoms with Crippen LogP contribution in [0.15, 0.2) is 24.3 Å². The molecular weight excluding hydrogens is 674 g/mol. The van der Waals surface area contributed by atoms with Crippen molar-refractivity contribution in [3.63, 3.8) is 0 Å². The summed E-state index contributed by atoms with van der Waals surface area (Å²) in [5.74, 6) is 0.551. The van der Waals surface area contributed by atoms with Gasteiger partial charge in [0.2, 0.25) is 16.0 Å². The van der Waals surface area contributed by atoms with Crippen LogP contribution in [-0.2, 0) is 29.5 Å². The number of thiophene rings is 1. The molecule has 3 N–H and O–H groups in total. The minimum absolute atomic E-state index is 0.0499. The van der Waals surface area contributed by atoms with Gasteiger partial charge in [-0.15, -0.1) is 11.3 Å². The summed E-state index contributed by atoms with van der Waals surface area (Å²) in [5, 5.41) is 5.30. The molecule has 6 rings (SSSR count). The Bertz CT molecular complexity index is 1920. The van der Waals surface area contributed by atoms with Crippen LogP contribution in [-0.4, -0.2) is 99.8 Å². The number of halogens is 3. The lowest BCUT2D eigenvalue weighted by Gasteiger charge is -2.45. The molecular formula is C34H47F3N8O2S2. The smallest absolute Gasteiger partial charge is 0.368 e. The number of hydrogen-bond donors (Lipinski definition) is 2. The molecule has 1 aromatic carbocycles. The Hall–Kier alpha value is -2.98. The van der Waals surface area contributed by atoms with E-state index < -0.39 is 22.6 Å². The van der Waals surface area contributed by atoms with E-state index in [0.29, 0.717) is 29.1 Å². The van der Waals surface area contributed by atoms with Crippen LogP contribution in [0.5, 0.6) is 0 Å². The molecule has 2 saturated heterocycles. The fourth-order valence-electron chi connectivity index (χ4n) is 7.86. The third kappa shape index (κ3) is 7.85. The van der Waals surface area contributed by atoms with Crippen LogP contribution in [0.4, 0.5) is 24.9 Å². The van der Waals surface area contributed by atoms with Crippen molar-refractivity contribution in [3.05, 3.63) is 46.0 Å². The molecule has 3 aromatic heterocycles. The van der Waals surface area contributed by atoms with Gasteiger partial charge in [-0.1, -0.05) is 6.07 Å². The Kier molecular flexibility index (Phi) is 9.96. The van der Waals surface area contributed by atoms with Gasteiger partial charge >= 0.3 is 6.18 Å². The molecule has 49 heavy (non-hydrogen) atoms.